The Kier molecular flexibility index (Phi) is 4.38. The highest BCUT2D eigenvalue weighted by Gasteiger charge is 2.40. The zero-order valence-electron chi connectivity index (χ0n) is 12.9. The Morgan fingerprint density at radius 2 is 2.00 bits per heavy atom. The molecule has 0 bridgehead atoms. The molecule has 2 unspecified atom stereocenters. The minimum Gasteiger partial charge on any atom is -0.490 e. The van der Waals surface area contributed by atoms with Crippen molar-refractivity contribution in [3.63, 3.8) is 0 Å². The van der Waals surface area contributed by atoms with Crippen molar-refractivity contribution in [3.8, 4) is 11.5 Å². The number of carbonyl (C=O) groups is 2. The quantitative estimate of drug-likeness (QED) is 0.899. The van der Waals surface area contributed by atoms with Gasteiger partial charge in [0.05, 0.1) is 19.3 Å². The minimum absolute atomic E-state index is 0.263. The molecule has 23 heavy (non-hydrogen) atoms. The van der Waals surface area contributed by atoms with Gasteiger partial charge in [0.25, 0.3) is 5.91 Å². The number of hydrogen-bond donors (Lipinski definition) is 1. The van der Waals surface area contributed by atoms with Crippen molar-refractivity contribution in [1.82, 2.24) is 4.90 Å². The molecule has 1 amide bonds. The fourth-order valence-corrected chi connectivity index (χ4v) is 2.89. The van der Waals surface area contributed by atoms with E-state index in [1.165, 1.54) is 12.0 Å². The molecule has 0 aliphatic carbocycles. The topological polar surface area (TPSA) is 85.3 Å². The summed E-state index contributed by atoms with van der Waals surface area (Å²) in [5.41, 5.74) is 0.386. The number of methoxy groups -OCH3 is 1. The summed E-state index contributed by atoms with van der Waals surface area (Å²) >= 11 is 0. The van der Waals surface area contributed by atoms with Gasteiger partial charge in [-0.25, -0.2) is 4.79 Å². The van der Waals surface area contributed by atoms with Gasteiger partial charge in [-0.1, -0.05) is 0 Å². The third kappa shape index (κ3) is 3.10. The van der Waals surface area contributed by atoms with Crippen LogP contribution in [0.1, 0.15) is 23.2 Å². The van der Waals surface area contributed by atoms with Gasteiger partial charge in [0.15, 0.2) is 11.5 Å². The van der Waals surface area contributed by atoms with Crippen LogP contribution in [-0.2, 0) is 9.53 Å². The molecular weight excluding hydrogens is 302 g/mol. The monoisotopic (exact) mass is 321 g/mol. The summed E-state index contributed by atoms with van der Waals surface area (Å²) in [5, 5.41) is 9.33. The molecule has 1 aromatic rings. The number of fused-ring (bicyclic) bond motifs is 1. The Labute approximate surface area is 133 Å². The second-order valence-electron chi connectivity index (χ2n) is 5.62. The third-order valence-electron chi connectivity index (χ3n) is 4.14. The second-order valence-corrected chi connectivity index (χ2v) is 5.62. The van der Waals surface area contributed by atoms with Crippen LogP contribution in [0.3, 0.4) is 0 Å². The first-order chi connectivity index (χ1) is 11.1. The number of aliphatic carboxylic acids is 1. The van der Waals surface area contributed by atoms with Crippen LogP contribution in [0, 0.1) is 0 Å². The fourth-order valence-electron chi connectivity index (χ4n) is 2.89. The molecule has 0 spiro atoms. The summed E-state index contributed by atoms with van der Waals surface area (Å²) < 4.78 is 16.3. The van der Waals surface area contributed by atoms with Gasteiger partial charge in [-0.15, -0.1) is 0 Å². The maximum Gasteiger partial charge on any atom is 0.326 e. The number of carboxylic acid groups (broad SMARTS) is 1. The minimum atomic E-state index is -1.02. The number of nitrogens with zero attached hydrogens (tertiary/aromatic N) is 1. The summed E-state index contributed by atoms with van der Waals surface area (Å²) in [6.45, 7) is 1.36. The highest BCUT2D eigenvalue weighted by atomic mass is 16.5. The number of amides is 1. The molecule has 0 aromatic heterocycles. The Bertz CT molecular complexity index is 617. The van der Waals surface area contributed by atoms with Gasteiger partial charge in [-0.2, -0.15) is 0 Å². The first-order valence-corrected chi connectivity index (χ1v) is 7.56. The van der Waals surface area contributed by atoms with Crippen LogP contribution >= 0.6 is 0 Å². The lowest BCUT2D eigenvalue weighted by Crippen LogP contribution is -2.40. The van der Waals surface area contributed by atoms with Gasteiger partial charge in [0.1, 0.15) is 6.04 Å². The van der Waals surface area contributed by atoms with Crippen molar-refractivity contribution in [3.05, 3.63) is 23.8 Å². The summed E-state index contributed by atoms with van der Waals surface area (Å²) in [7, 11) is 1.52. The van der Waals surface area contributed by atoms with E-state index in [2.05, 4.69) is 0 Å². The largest absolute Gasteiger partial charge is 0.490 e. The van der Waals surface area contributed by atoms with Crippen LogP contribution in [0.4, 0.5) is 0 Å². The van der Waals surface area contributed by atoms with E-state index in [-0.39, 0.29) is 18.6 Å². The van der Waals surface area contributed by atoms with Crippen molar-refractivity contribution >= 4 is 11.9 Å². The molecule has 2 heterocycles. The van der Waals surface area contributed by atoms with Gasteiger partial charge in [0.2, 0.25) is 0 Å². The molecule has 0 radical (unpaired) electrons. The average Bonchev–Trinajstić information content (AvgIpc) is 2.86. The van der Waals surface area contributed by atoms with Crippen molar-refractivity contribution in [2.45, 2.75) is 25.0 Å². The summed E-state index contributed by atoms with van der Waals surface area (Å²) in [6.07, 6.45) is 0.809. The lowest BCUT2D eigenvalue weighted by atomic mass is 10.1. The average molecular weight is 321 g/mol. The summed E-state index contributed by atoms with van der Waals surface area (Å²) in [6, 6.07) is 4.06. The van der Waals surface area contributed by atoms with Crippen LogP contribution in [0.5, 0.6) is 11.5 Å². The van der Waals surface area contributed by atoms with Crippen LogP contribution < -0.4 is 9.47 Å². The van der Waals surface area contributed by atoms with E-state index in [0.29, 0.717) is 36.7 Å². The van der Waals surface area contributed by atoms with Crippen LogP contribution in [0.15, 0.2) is 18.2 Å². The number of benzene rings is 1. The van der Waals surface area contributed by atoms with E-state index < -0.39 is 12.0 Å². The Balaban J connectivity index is 1.84. The number of ether oxygens (including phenoxy) is 3. The van der Waals surface area contributed by atoms with Crippen molar-refractivity contribution in [2.24, 2.45) is 0 Å². The van der Waals surface area contributed by atoms with E-state index in [0.717, 1.165) is 6.42 Å². The normalized spacial score (nSPS) is 23.4. The zero-order chi connectivity index (χ0) is 16.4. The Hall–Kier alpha value is -2.28. The molecule has 3 rings (SSSR count). The highest BCUT2D eigenvalue weighted by Crippen LogP contribution is 2.32. The number of hydrogen-bond acceptors (Lipinski definition) is 5. The molecule has 1 fully saturated rings. The first-order valence-electron chi connectivity index (χ1n) is 7.56. The zero-order valence-corrected chi connectivity index (χ0v) is 12.9. The van der Waals surface area contributed by atoms with Crippen LogP contribution in [0.25, 0.3) is 0 Å². The molecule has 2 atom stereocenters. The molecule has 7 nitrogen and oxygen atoms in total. The van der Waals surface area contributed by atoms with Gasteiger partial charge in [-0.05, 0) is 18.2 Å². The second kappa shape index (κ2) is 6.45. The third-order valence-corrected chi connectivity index (χ3v) is 4.14. The van der Waals surface area contributed by atoms with E-state index in [1.54, 1.807) is 18.2 Å². The summed E-state index contributed by atoms with van der Waals surface area (Å²) in [4.78, 5) is 25.4. The van der Waals surface area contributed by atoms with Crippen LogP contribution in [0.2, 0.25) is 0 Å². The van der Waals surface area contributed by atoms with Crippen molar-refractivity contribution < 1.29 is 28.9 Å². The lowest BCUT2D eigenvalue weighted by Gasteiger charge is -2.21. The maximum atomic E-state index is 12.7. The molecule has 7 heteroatoms. The van der Waals surface area contributed by atoms with Crippen LogP contribution in [-0.4, -0.2) is 60.9 Å². The fraction of sp³-hybridized carbons (Fsp3) is 0.500. The van der Waals surface area contributed by atoms with E-state index in [9.17, 15) is 14.7 Å². The van der Waals surface area contributed by atoms with E-state index in [4.69, 9.17) is 14.2 Å². The molecule has 0 saturated carbocycles. The molecular formula is C16H19NO6. The Morgan fingerprint density at radius 3 is 2.70 bits per heavy atom. The first kappa shape index (κ1) is 15.6. The molecule has 1 N–H and O–H groups in total. The molecule has 1 aromatic carbocycles. The summed E-state index contributed by atoms with van der Waals surface area (Å²) in [5.74, 6) is -0.243. The lowest BCUT2D eigenvalue weighted by molar-refractivity contribution is -0.141. The molecule has 124 valence electrons. The van der Waals surface area contributed by atoms with Gasteiger partial charge in [0, 0.05) is 32.1 Å². The molecule has 1 saturated heterocycles. The predicted molar refractivity (Wildman–Crippen MR) is 79.9 cm³/mol. The predicted octanol–water partition coefficient (Wildman–Crippen LogP) is 1.16. The molecule has 2 aliphatic rings. The SMILES string of the molecule is COC1CC(C(=O)O)N(C(=O)c2ccc3c(c2)OCCCO3)C1. The number of carboxylic acids is 1. The van der Waals surface area contributed by atoms with Gasteiger partial charge < -0.3 is 24.2 Å². The van der Waals surface area contributed by atoms with Crippen molar-refractivity contribution in [2.75, 3.05) is 26.9 Å². The number of carbonyl (C=O) groups excluding carboxylic acids is 1. The smallest absolute Gasteiger partial charge is 0.326 e. The van der Waals surface area contributed by atoms with Gasteiger partial charge in [-0.3, -0.25) is 4.79 Å². The van der Waals surface area contributed by atoms with Crippen molar-refractivity contribution in [1.29, 1.82) is 0 Å². The highest BCUT2D eigenvalue weighted by molar-refractivity contribution is 5.97. The maximum absolute atomic E-state index is 12.7. The standard InChI is InChI=1S/C16H19NO6/c1-21-11-8-12(16(19)20)17(9-11)15(18)10-3-4-13-14(7-10)23-6-2-5-22-13/h3-4,7,11-12H,2,5-6,8-9H2,1H3,(H,19,20). The van der Waals surface area contributed by atoms with E-state index >= 15 is 0 Å². The Morgan fingerprint density at radius 1 is 1.26 bits per heavy atom. The number of likely N-dealkylation sites (tertiary alicyclic amines) is 1. The van der Waals surface area contributed by atoms with Gasteiger partial charge >= 0.3 is 5.97 Å². The van der Waals surface area contributed by atoms with E-state index in [1.807, 2.05) is 0 Å². The molecule has 2 aliphatic heterocycles. The number of rotatable bonds is 3.